The minimum Gasteiger partial charge on any atom is -0.362 e. The molecule has 1 aliphatic heterocycles. The van der Waals surface area contributed by atoms with Crippen molar-refractivity contribution in [3.63, 3.8) is 0 Å². The molecule has 1 aliphatic rings. The third-order valence-electron chi connectivity index (χ3n) is 4.26. The van der Waals surface area contributed by atoms with Crippen molar-refractivity contribution in [2.45, 2.75) is 25.9 Å². The molecule has 0 saturated heterocycles. The predicted molar refractivity (Wildman–Crippen MR) is 91.8 cm³/mol. The quantitative estimate of drug-likeness (QED) is 0.891. The Labute approximate surface area is 144 Å². The smallest absolute Gasteiger partial charge is 0.362 e. The molecule has 1 amide bonds. The fourth-order valence-electron chi connectivity index (χ4n) is 3.12. The van der Waals surface area contributed by atoms with E-state index in [-0.39, 0.29) is 18.1 Å². The molecule has 1 N–H and O–H groups in total. The van der Waals surface area contributed by atoms with E-state index in [1.54, 1.807) is 0 Å². The van der Waals surface area contributed by atoms with Crippen LogP contribution in [0.15, 0.2) is 42.5 Å². The maximum absolute atomic E-state index is 12.8. The van der Waals surface area contributed by atoms with Crippen LogP contribution in [0.2, 0.25) is 0 Å². The van der Waals surface area contributed by atoms with Crippen LogP contribution in [0.4, 0.5) is 24.5 Å². The average Bonchev–Trinajstić information content (AvgIpc) is 2.54. The largest absolute Gasteiger partial charge is 0.416 e. The molecule has 0 bridgehead atoms. The van der Waals surface area contributed by atoms with Gasteiger partial charge in [-0.3, -0.25) is 4.79 Å². The lowest BCUT2D eigenvalue weighted by atomic mass is 9.99. The highest BCUT2D eigenvalue weighted by Crippen LogP contribution is 2.31. The van der Waals surface area contributed by atoms with Crippen LogP contribution >= 0.6 is 0 Å². The van der Waals surface area contributed by atoms with Gasteiger partial charge in [-0.2, -0.15) is 13.2 Å². The standard InChI is InChI=1S/C19H19F3N2O/c1-13-7-8-17-14(10-13)4-3-9-24(17)12-18(25)23-16-6-2-5-15(11-16)19(20,21)22/h2,5-8,10-11H,3-4,9,12H2,1H3,(H,23,25). The van der Waals surface area contributed by atoms with Crippen LogP contribution in [-0.2, 0) is 17.4 Å². The Bertz CT molecular complexity index is 786. The van der Waals surface area contributed by atoms with Gasteiger partial charge in [0.05, 0.1) is 12.1 Å². The summed E-state index contributed by atoms with van der Waals surface area (Å²) < 4.78 is 38.3. The number of hydrogen-bond donors (Lipinski definition) is 1. The molecule has 3 rings (SSSR count). The van der Waals surface area contributed by atoms with Gasteiger partial charge in [0.25, 0.3) is 0 Å². The molecule has 0 spiro atoms. The monoisotopic (exact) mass is 348 g/mol. The van der Waals surface area contributed by atoms with Gasteiger partial charge in [0, 0.05) is 17.9 Å². The van der Waals surface area contributed by atoms with Crippen LogP contribution in [0.5, 0.6) is 0 Å². The fourth-order valence-corrected chi connectivity index (χ4v) is 3.12. The fraction of sp³-hybridized carbons (Fsp3) is 0.316. The third kappa shape index (κ3) is 4.13. The molecule has 6 heteroatoms. The van der Waals surface area contributed by atoms with Crippen LogP contribution in [0, 0.1) is 6.92 Å². The molecule has 3 nitrogen and oxygen atoms in total. The minimum absolute atomic E-state index is 0.117. The number of fused-ring (bicyclic) bond motifs is 1. The van der Waals surface area contributed by atoms with Crippen molar-refractivity contribution in [2.75, 3.05) is 23.3 Å². The molecule has 25 heavy (non-hydrogen) atoms. The van der Waals surface area contributed by atoms with Crippen molar-refractivity contribution in [1.29, 1.82) is 0 Å². The van der Waals surface area contributed by atoms with E-state index in [4.69, 9.17) is 0 Å². The van der Waals surface area contributed by atoms with E-state index in [1.165, 1.54) is 23.3 Å². The molecule has 1 heterocycles. The first-order valence-electron chi connectivity index (χ1n) is 8.14. The van der Waals surface area contributed by atoms with Crippen molar-refractivity contribution < 1.29 is 18.0 Å². The van der Waals surface area contributed by atoms with Crippen molar-refractivity contribution >= 4 is 17.3 Å². The zero-order valence-electron chi connectivity index (χ0n) is 13.9. The summed E-state index contributed by atoms with van der Waals surface area (Å²) >= 11 is 0. The van der Waals surface area contributed by atoms with E-state index in [0.717, 1.165) is 37.2 Å². The normalized spacial score (nSPS) is 14.2. The number of amides is 1. The molecule has 2 aromatic carbocycles. The molecule has 0 radical (unpaired) electrons. The molecule has 0 fully saturated rings. The molecule has 0 unspecified atom stereocenters. The molecule has 0 aromatic heterocycles. The maximum atomic E-state index is 12.8. The van der Waals surface area contributed by atoms with E-state index in [1.807, 2.05) is 24.0 Å². The van der Waals surface area contributed by atoms with Gasteiger partial charge >= 0.3 is 6.18 Å². The number of carbonyl (C=O) groups excluding carboxylic acids is 1. The lowest BCUT2D eigenvalue weighted by Gasteiger charge is -2.31. The van der Waals surface area contributed by atoms with Crippen molar-refractivity contribution in [1.82, 2.24) is 0 Å². The first-order chi connectivity index (χ1) is 11.8. The SMILES string of the molecule is Cc1ccc2c(c1)CCCN2CC(=O)Nc1cccc(C(F)(F)F)c1. The summed E-state index contributed by atoms with van der Waals surface area (Å²) in [6, 6.07) is 10.8. The van der Waals surface area contributed by atoms with Gasteiger partial charge in [0.1, 0.15) is 0 Å². The van der Waals surface area contributed by atoms with Gasteiger partial charge in [-0.25, -0.2) is 0 Å². The number of carbonyl (C=O) groups is 1. The van der Waals surface area contributed by atoms with E-state index >= 15 is 0 Å². The van der Waals surface area contributed by atoms with Crippen LogP contribution in [0.3, 0.4) is 0 Å². The Kier molecular flexibility index (Phi) is 4.70. The zero-order valence-corrected chi connectivity index (χ0v) is 13.9. The van der Waals surface area contributed by atoms with Gasteiger partial charge in [-0.05, 0) is 49.6 Å². The van der Waals surface area contributed by atoms with Gasteiger partial charge in [-0.1, -0.05) is 23.8 Å². The highest BCUT2D eigenvalue weighted by molar-refractivity contribution is 5.94. The summed E-state index contributed by atoms with van der Waals surface area (Å²) in [5.41, 5.74) is 2.79. The maximum Gasteiger partial charge on any atom is 0.416 e. The number of aryl methyl sites for hydroxylation is 2. The van der Waals surface area contributed by atoms with E-state index in [0.29, 0.717) is 0 Å². The average molecular weight is 348 g/mol. The van der Waals surface area contributed by atoms with E-state index in [9.17, 15) is 18.0 Å². The van der Waals surface area contributed by atoms with Crippen molar-refractivity contribution in [3.05, 3.63) is 59.2 Å². The van der Waals surface area contributed by atoms with E-state index < -0.39 is 11.7 Å². The molecule has 0 atom stereocenters. The number of hydrogen-bond acceptors (Lipinski definition) is 2. The van der Waals surface area contributed by atoms with E-state index in [2.05, 4.69) is 11.4 Å². The van der Waals surface area contributed by atoms with Crippen molar-refractivity contribution in [3.8, 4) is 0 Å². The predicted octanol–water partition coefficient (Wildman–Crippen LogP) is 4.41. The number of nitrogens with one attached hydrogen (secondary N) is 1. The Morgan fingerprint density at radius 1 is 1.20 bits per heavy atom. The lowest BCUT2D eigenvalue weighted by molar-refractivity contribution is -0.137. The molecule has 132 valence electrons. The Hall–Kier alpha value is -2.50. The molecular formula is C19H19F3N2O. The molecule has 0 aliphatic carbocycles. The zero-order chi connectivity index (χ0) is 18.0. The van der Waals surface area contributed by atoms with Gasteiger partial charge in [0.2, 0.25) is 5.91 Å². The topological polar surface area (TPSA) is 32.3 Å². The Balaban J connectivity index is 1.70. The van der Waals surface area contributed by atoms with Gasteiger partial charge < -0.3 is 10.2 Å². The summed E-state index contributed by atoms with van der Waals surface area (Å²) in [6.07, 6.45) is -2.50. The summed E-state index contributed by atoms with van der Waals surface area (Å²) in [7, 11) is 0. The summed E-state index contributed by atoms with van der Waals surface area (Å²) in [5, 5.41) is 2.56. The van der Waals surface area contributed by atoms with Crippen LogP contribution in [0.1, 0.15) is 23.1 Å². The molecular weight excluding hydrogens is 329 g/mol. The molecule has 2 aromatic rings. The highest BCUT2D eigenvalue weighted by Gasteiger charge is 2.30. The van der Waals surface area contributed by atoms with Crippen LogP contribution in [0.25, 0.3) is 0 Å². The first kappa shape index (κ1) is 17.3. The summed E-state index contributed by atoms with van der Waals surface area (Å²) in [4.78, 5) is 14.3. The lowest BCUT2D eigenvalue weighted by Crippen LogP contribution is -2.36. The number of halogens is 3. The molecule has 0 saturated carbocycles. The Morgan fingerprint density at radius 3 is 2.76 bits per heavy atom. The second-order valence-corrected chi connectivity index (χ2v) is 6.28. The number of benzene rings is 2. The van der Waals surface area contributed by atoms with Crippen LogP contribution < -0.4 is 10.2 Å². The second kappa shape index (κ2) is 6.78. The van der Waals surface area contributed by atoms with Gasteiger partial charge in [0.15, 0.2) is 0 Å². The van der Waals surface area contributed by atoms with Crippen LogP contribution in [-0.4, -0.2) is 19.0 Å². The number of anilines is 2. The second-order valence-electron chi connectivity index (χ2n) is 6.28. The summed E-state index contributed by atoms with van der Waals surface area (Å²) in [6.45, 7) is 2.90. The van der Waals surface area contributed by atoms with Gasteiger partial charge in [-0.15, -0.1) is 0 Å². The minimum atomic E-state index is -4.43. The summed E-state index contributed by atoms with van der Waals surface area (Å²) in [5.74, 6) is -0.326. The number of rotatable bonds is 3. The van der Waals surface area contributed by atoms with Crippen molar-refractivity contribution in [2.24, 2.45) is 0 Å². The number of nitrogens with zero attached hydrogens (tertiary/aromatic N) is 1. The third-order valence-corrected chi connectivity index (χ3v) is 4.26. The Morgan fingerprint density at radius 2 is 2.00 bits per heavy atom. The highest BCUT2D eigenvalue weighted by atomic mass is 19.4. The first-order valence-corrected chi connectivity index (χ1v) is 8.14. The number of alkyl halides is 3.